The van der Waals surface area contributed by atoms with E-state index in [0.29, 0.717) is 19.4 Å². The molecule has 2 amide bonds. The molecule has 0 radical (unpaired) electrons. The lowest BCUT2D eigenvalue weighted by atomic mass is 10.2. The summed E-state index contributed by atoms with van der Waals surface area (Å²) in [6.07, 6.45) is 0.618. The molecule has 2 rings (SSSR count). The van der Waals surface area contributed by atoms with Crippen LogP contribution in [0, 0.1) is 0 Å². The average Bonchev–Trinajstić information content (AvgIpc) is 3.03. The van der Waals surface area contributed by atoms with Crippen LogP contribution in [0.25, 0.3) is 0 Å². The Hall–Kier alpha value is -2.57. The van der Waals surface area contributed by atoms with E-state index in [1.54, 1.807) is 0 Å². The molecule has 2 N–H and O–H groups in total. The number of nitrogens with zero attached hydrogens (tertiary/aromatic N) is 1. The molecule has 1 aliphatic heterocycles. The lowest BCUT2D eigenvalue weighted by molar-refractivity contribution is -0.141. The minimum absolute atomic E-state index is 0.135. The Morgan fingerprint density at radius 3 is 2.70 bits per heavy atom. The van der Waals surface area contributed by atoms with E-state index in [2.05, 4.69) is 5.32 Å². The summed E-state index contributed by atoms with van der Waals surface area (Å²) in [6.45, 7) is 1.94. The average molecular weight is 320 g/mol. The molecule has 0 spiro atoms. The second-order valence-electron chi connectivity index (χ2n) is 5.46. The second-order valence-corrected chi connectivity index (χ2v) is 5.46. The Morgan fingerprint density at radius 2 is 2.04 bits per heavy atom. The van der Waals surface area contributed by atoms with Gasteiger partial charge in [-0.25, -0.2) is 4.79 Å². The Kier molecular flexibility index (Phi) is 5.56. The van der Waals surface area contributed by atoms with E-state index in [0.717, 1.165) is 5.56 Å². The lowest BCUT2D eigenvalue weighted by Crippen LogP contribution is -2.50. The van der Waals surface area contributed by atoms with Gasteiger partial charge in [-0.05, 0) is 25.3 Å². The van der Waals surface area contributed by atoms with Crippen molar-refractivity contribution < 1.29 is 24.2 Å². The van der Waals surface area contributed by atoms with Gasteiger partial charge in [0.1, 0.15) is 18.7 Å². The fourth-order valence-corrected chi connectivity index (χ4v) is 2.43. The van der Waals surface area contributed by atoms with Crippen molar-refractivity contribution in [3.8, 4) is 0 Å². The van der Waals surface area contributed by atoms with Crippen molar-refractivity contribution in [3.05, 3.63) is 35.9 Å². The third-order valence-electron chi connectivity index (χ3n) is 3.72. The van der Waals surface area contributed by atoms with Crippen molar-refractivity contribution in [1.29, 1.82) is 0 Å². The van der Waals surface area contributed by atoms with Crippen molar-refractivity contribution in [2.75, 3.05) is 6.54 Å². The molecule has 1 fully saturated rings. The minimum atomic E-state index is -1.12. The number of likely N-dealkylation sites (tertiary alicyclic amines) is 1. The zero-order valence-electron chi connectivity index (χ0n) is 12.9. The van der Waals surface area contributed by atoms with Gasteiger partial charge in [-0.15, -0.1) is 0 Å². The number of ether oxygens (including phenoxy) is 1. The van der Waals surface area contributed by atoms with Crippen LogP contribution in [-0.2, 0) is 20.9 Å². The van der Waals surface area contributed by atoms with Crippen molar-refractivity contribution >= 4 is 18.0 Å². The molecule has 124 valence electrons. The van der Waals surface area contributed by atoms with Crippen LogP contribution < -0.4 is 5.32 Å². The van der Waals surface area contributed by atoms with Gasteiger partial charge in [0.25, 0.3) is 0 Å². The first-order valence-electron chi connectivity index (χ1n) is 7.49. The zero-order valence-corrected chi connectivity index (χ0v) is 12.9. The molecule has 1 saturated heterocycles. The smallest absolute Gasteiger partial charge is 0.410 e. The Balaban J connectivity index is 1.91. The van der Waals surface area contributed by atoms with Gasteiger partial charge in [0, 0.05) is 6.54 Å². The molecule has 0 aliphatic carbocycles. The number of aliphatic carboxylic acids is 1. The van der Waals surface area contributed by atoms with Gasteiger partial charge in [0.05, 0.1) is 0 Å². The molecule has 0 unspecified atom stereocenters. The number of rotatable bonds is 5. The monoisotopic (exact) mass is 320 g/mol. The Morgan fingerprint density at radius 1 is 1.35 bits per heavy atom. The second kappa shape index (κ2) is 7.62. The van der Waals surface area contributed by atoms with E-state index < -0.39 is 30.1 Å². The summed E-state index contributed by atoms with van der Waals surface area (Å²) < 4.78 is 5.24. The number of benzene rings is 1. The van der Waals surface area contributed by atoms with Gasteiger partial charge >= 0.3 is 12.1 Å². The van der Waals surface area contributed by atoms with Crippen LogP contribution in [0.1, 0.15) is 25.3 Å². The molecule has 0 aromatic heterocycles. The summed E-state index contributed by atoms with van der Waals surface area (Å²) in [5, 5.41) is 11.2. The van der Waals surface area contributed by atoms with Crippen LogP contribution in [0.5, 0.6) is 0 Å². The van der Waals surface area contributed by atoms with Gasteiger partial charge in [0.15, 0.2) is 0 Å². The van der Waals surface area contributed by atoms with Gasteiger partial charge in [-0.1, -0.05) is 30.3 Å². The topological polar surface area (TPSA) is 95.9 Å². The summed E-state index contributed by atoms with van der Waals surface area (Å²) in [5.41, 5.74) is 0.862. The van der Waals surface area contributed by atoms with Crippen LogP contribution in [-0.4, -0.2) is 46.6 Å². The van der Waals surface area contributed by atoms with Crippen LogP contribution in [0.3, 0.4) is 0 Å². The molecule has 1 aliphatic rings. The minimum Gasteiger partial charge on any atom is -0.480 e. The predicted octanol–water partition coefficient (Wildman–Crippen LogP) is 1.38. The van der Waals surface area contributed by atoms with Gasteiger partial charge in [-0.2, -0.15) is 0 Å². The number of nitrogens with one attached hydrogen (secondary N) is 1. The molecule has 23 heavy (non-hydrogen) atoms. The van der Waals surface area contributed by atoms with Crippen LogP contribution in [0.4, 0.5) is 4.79 Å². The highest BCUT2D eigenvalue weighted by atomic mass is 16.6. The highest BCUT2D eigenvalue weighted by Crippen LogP contribution is 2.19. The number of carbonyl (C=O) groups is 3. The standard InChI is InChI=1S/C16H20N2O5/c1-11(15(20)21)17-14(19)13-8-5-9-18(13)16(22)23-10-12-6-3-2-4-7-12/h2-4,6-7,11,13H,5,8-10H2,1H3,(H,17,19)(H,20,21)/t11-,13-/m0/s1. The molecule has 7 nitrogen and oxygen atoms in total. The summed E-state index contributed by atoms with van der Waals surface area (Å²) in [6, 6.07) is 7.58. The molecule has 1 aromatic rings. The Bertz CT molecular complexity index is 575. The van der Waals surface area contributed by atoms with Crippen LogP contribution in [0.15, 0.2) is 30.3 Å². The summed E-state index contributed by atoms with van der Waals surface area (Å²) in [5.74, 6) is -1.58. The highest BCUT2D eigenvalue weighted by Gasteiger charge is 2.36. The molecule has 0 bridgehead atoms. The van der Waals surface area contributed by atoms with Gasteiger partial charge in [-0.3, -0.25) is 14.5 Å². The van der Waals surface area contributed by atoms with E-state index >= 15 is 0 Å². The number of carbonyl (C=O) groups excluding carboxylic acids is 2. The summed E-state index contributed by atoms with van der Waals surface area (Å²) >= 11 is 0. The third-order valence-corrected chi connectivity index (χ3v) is 3.72. The highest BCUT2D eigenvalue weighted by molar-refractivity contribution is 5.89. The normalized spacial score (nSPS) is 18.3. The third kappa shape index (κ3) is 4.45. The van der Waals surface area contributed by atoms with Crippen molar-refractivity contribution in [1.82, 2.24) is 10.2 Å². The molecule has 1 heterocycles. The predicted molar refractivity (Wildman–Crippen MR) is 81.6 cm³/mol. The molecular weight excluding hydrogens is 300 g/mol. The maximum absolute atomic E-state index is 12.2. The van der Waals surface area contributed by atoms with Gasteiger partial charge in [0.2, 0.25) is 5.91 Å². The first-order chi connectivity index (χ1) is 11.0. The van der Waals surface area contributed by atoms with Gasteiger partial charge < -0.3 is 15.2 Å². The number of hydrogen-bond donors (Lipinski definition) is 2. The molecular formula is C16H20N2O5. The van der Waals surface area contributed by atoms with Crippen molar-refractivity contribution in [2.24, 2.45) is 0 Å². The lowest BCUT2D eigenvalue weighted by Gasteiger charge is -2.24. The SMILES string of the molecule is C[C@H](NC(=O)[C@@H]1CCCN1C(=O)OCc1ccccc1)C(=O)O. The zero-order chi connectivity index (χ0) is 16.8. The molecule has 2 atom stereocenters. The largest absolute Gasteiger partial charge is 0.480 e. The number of carboxylic acid groups (broad SMARTS) is 1. The van der Waals surface area contributed by atoms with E-state index in [-0.39, 0.29) is 6.61 Å². The van der Waals surface area contributed by atoms with E-state index in [1.165, 1.54) is 11.8 Å². The first-order valence-corrected chi connectivity index (χ1v) is 7.49. The molecule has 1 aromatic carbocycles. The quantitative estimate of drug-likeness (QED) is 0.854. The van der Waals surface area contributed by atoms with Crippen molar-refractivity contribution in [3.63, 3.8) is 0 Å². The maximum Gasteiger partial charge on any atom is 0.410 e. The fraction of sp³-hybridized carbons (Fsp3) is 0.438. The number of hydrogen-bond acceptors (Lipinski definition) is 4. The van der Waals surface area contributed by atoms with Crippen LogP contribution >= 0.6 is 0 Å². The first kappa shape index (κ1) is 16.8. The summed E-state index contributed by atoms with van der Waals surface area (Å²) in [7, 11) is 0. The van der Waals surface area contributed by atoms with Crippen molar-refractivity contribution in [2.45, 2.75) is 38.5 Å². The van der Waals surface area contributed by atoms with E-state index in [9.17, 15) is 14.4 Å². The summed E-state index contributed by atoms with van der Waals surface area (Å²) in [4.78, 5) is 36.4. The number of amides is 2. The van der Waals surface area contributed by atoms with Crippen LogP contribution in [0.2, 0.25) is 0 Å². The maximum atomic E-state index is 12.2. The Labute approximate surface area is 134 Å². The number of carboxylic acids is 1. The molecule has 7 heteroatoms. The van der Waals surface area contributed by atoms with E-state index in [4.69, 9.17) is 9.84 Å². The fourth-order valence-electron chi connectivity index (χ4n) is 2.43. The van der Waals surface area contributed by atoms with E-state index in [1.807, 2.05) is 30.3 Å². The molecule has 0 saturated carbocycles.